The van der Waals surface area contributed by atoms with Crippen LogP contribution in [0.25, 0.3) is 0 Å². The molecule has 2 fully saturated rings. The number of piperidine rings is 1. The molecule has 0 spiro atoms. The molecule has 3 rings (SSSR count). The van der Waals surface area contributed by atoms with Crippen molar-refractivity contribution in [3.05, 3.63) is 23.8 Å². The monoisotopic (exact) mass is 377 g/mol. The molecule has 1 amide bonds. The summed E-state index contributed by atoms with van der Waals surface area (Å²) in [6, 6.07) is 5.71. The Hall–Kier alpha value is -1.83. The number of hydrogen-bond acceptors (Lipinski definition) is 6. The molecule has 0 saturated carbocycles. The van der Waals surface area contributed by atoms with Crippen molar-refractivity contribution in [1.82, 2.24) is 15.5 Å². The van der Waals surface area contributed by atoms with E-state index < -0.39 is 0 Å². The van der Waals surface area contributed by atoms with Crippen LogP contribution in [0.4, 0.5) is 0 Å². The summed E-state index contributed by atoms with van der Waals surface area (Å²) >= 11 is 0. The Morgan fingerprint density at radius 2 is 2.00 bits per heavy atom. The van der Waals surface area contributed by atoms with E-state index in [4.69, 9.17) is 14.2 Å². The Morgan fingerprint density at radius 3 is 2.74 bits per heavy atom. The minimum atomic E-state index is 0.0185. The standard InChI is InChI=1S/C20H31N3O4/c1-25-18-4-3-15(10-19(18)26-2)12-22-20(24)17-9-16(11-21-13-17)14-23-5-7-27-8-6-23/h3-4,10,16-17,21H,5-9,11-14H2,1-2H3,(H,22,24)/t16-,17+/m0/s1. The van der Waals surface area contributed by atoms with Gasteiger partial charge in [-0.05, 0) is 36.6 Å². The molecule has 0 aromatic heterocycles. The molecule has 27 heavy (non-hydrogen) atoms. The van der Waals surface area contributed by atoms with E-state index in [1.165, 1.54) is 0 Å². The van der Waals surface area contributed by atoms with Gasteiger partial charge in [0.2, 0.25) is 5.91 Å². The average Bonchev–Trinajstić information content (AvgIpc) is 2.72. The lowest BCUT2D eigenvalue weighted by atomic mass is 9.89. The van der Waals surface area contributed by atoms with E-state index in [0.29, 0.717) is 24.0 Å². The summed E-state index contributed by atoms with van der Waals surface area (Å²) in [5.74, 6) is 2.01. The quantitative estimate of drug-likeness (QED) is 0.735. The maximum Gasteiger partial charge on any atom is 0.224 e. The Labute approximate surface area is 161 Å². The first-order valence-electron chi connectivity index (χ1n) is 9.69. The zero-order valence-electron chi connectivity index (χ0n) is 16.3. The molecule has 0 unspecified atom stereocenters. The van der Waals surface area contributed by atoms with Crippen molar-refractivity contribution >= 4 is 5.91 Å². The van der Waals surface area contributed by atoms with E-state index in [1.54, 1.807) is 14.2 Å². The molecule has 0 aliphatic carbocycles. The van der Waals surface area contributed by atoms with E-state index in [0.717, 1.165) is 57.9 Å². The first-order chi connectivity index (χ1) is 13.2. The van der Waals surface area contributed by atoms with Crippen molar-refractivity contribution in [3.63, 3.8) is 0 Å². The minimum absolute atomic E-state index is 0.0185. The SMILES string of the molecule is COc1ccc(CNC(=O)[C@H]2CNC[C@@H](CN3CCOCC3)C2)cc1OC. The number of morpholine rings is 1. The topological polar surface area (TPSA) is 72.1 Å². The third-order valence-corrected chi connectivity index (χ3v) is 5.35. The zero-order valence-corrected chi connectivity index (χ0v) is 16.3. The van der Waals surface area contributed by atoms with Crippen LogP contribution in [0.1, 0.15) is 12.0 Å². The van der Waals surface area contributed by atoms with Crippen molar-refractivity contribution in [1.29, 1.82) is 0 Å². The summed E-state index contributed by atoms with van der Waals surface area (Å²) in [6.07, 6.45) is 0.933. The van der Waals surface area contributed by atoms with Gasteiger partial charge in [0.15, 0.2) is 11.5 Å². The van der Waals surface area contributed by atoms with Crippen LogP contribution in [-0.2, 0) is 16.1 Å². The normalized spacial score (nSPS) is 23.6. The number of hydrogen-bond donors (Lipinski definition) is 2. The number of carbonyl (C=O) groups excluding carboxylic acids is 1. The fourth-order valence-electron chi connectivity index (χ4n) is 3.84. The minimum Gasteiger partial charge on any atom is -0.493 e. The average molecular weight is 377 g/mol. The van der Waals surface area contributed by atoms with Gasteiger partial charge >= 0.3 is 0 Å². The van der Waals surface area contributed by atoms with E-state index in [1.807, 2.05) is 18.2 Å². The lowest BCUT2D eigenvalue weighted by Gasteiger charge is -2.34. The second-order valence-electron chi connectivity index (χ2n) is 7.28. The Bertz CT molecular complexity index is 619. The highest BCUT2D eigenvalue weighted by molar-refractivity contribution is 5.79. The molecule has 2 saturated heterocycles. The lowest BCUT2D eigenvalue weighted by Crippen LogP contribution is -2.48. The first-order valence-corrected chi connectivity index (χ1v) is 9.69. The highest BCUT2D eigenvalue weighted by Crippen LogP contribution is 2.27. The number of benzene rings is 1. The Morgan fingerprint density at radius 1 is 1.22 bits per heavy atom. The molecule has 2 heterocycles. The van der Waals surface area contributed by atoms with Crippen molar-refractivity contribution in [2.45, 2.75) is 13.0 Å². The summed E-state index contributed by atoms with van der Waals surface area (Å²) in [5.41, 5.74) is 0.995. The van der Waals surface area contributed by atoms with Gasteiger partial charge in [-0.15, -0.1) is 0 Å². The van der Waals surface area contributed by atoms with Gasteiger partial charge in [-0.1, -0.05) is 6.07 Å². The van der Waals surface area contributed by atoms with Gasteiger partial charge in [-0.2, -0.15) is 0 Å². The first kappa shape index (κ1) is 19.9. The molecule has 2 atom stereocenters. The van der Waals surface area contributed by atoms with Gasteiger partial charge in [-0.25, -0.2) is 0 Å². The fraction of sp³-hybridized carbons (Fsp3) is 0.650. The maximum absolute atomic E-state index is 12.6. The number of rotatable bonds is 7. The molecular formula is C20H31N3O4. The summed E-state index contributed by atoms with van der Waals surface area (Å²) in [7, 11) is 3.23. The van der Waals surface area contributed by atoms with E-state index >= 15 is 0 Å². The third kappa shape index (κ3) is 5.57. The molecular weight excluding hydrogens is 346 g/mol. The van der Waals surface area contributed by atoms with Gasteiger partial charge in [0.1, 0.15) is 0 Å². The predicted molar refractivity (Wildman–Crippen MR) is 103 cm³/mol. The molecule has 0 bridgehead atoms. The molecule has 7 nitrogen and oxygen atoms in total. The molecule has 7 heteroatoms. The number of carbonyl (C=O) groups is 1. The largest absolute Gasteiger partial charge is 0.493 e. The summed E-state index contributed by atoms with van der Waals surface area (Å²) in [4.78, 5) is 15.1. The number of nitrogens with one attached hydrogen (secondary N) is 2. The van der Waals surface area contributed by atoms with Gasteiger partial charge in [0, 0.05) is 32.7 Å². The van der Waals surface area contributed by atoms with Crippen LogP contribution in [0.5, 0.6) is 11.5 Å². The molecule has 1 aromatic carbocycles. The van der Waals surface area contributed by atoms with Gasteiger partial charge in [0.25, 0.3) is 0 Å². The van der Waals surface area contributed by atoms with Gasteiger partial charge in [-0.3, -0.25) is 9.69 Å². The molecule has 2 N–H and O–H groups in total. The Balaban J connectivity index is 1.48. The van der Waals surface area contributed by atoms with E-state index in [9.17, 15) is 4.79 Å². The van der Waals surface area contributed by atoms with Gasteiger partial charge in [0.05, 0.1) is 33.4 Å². The van der Waals surface area contributed by atoms with Crippen LogP contribution < -0.4 is 20.1 Å². The highest BCUT2D eigenvalue weighted by atomic mass is 16.5. The smallest absolute Gasteiger partial charge is 0.224 e. The van der Waals surface area contributed by atoms with Crippen molar-refractivity contribution in [3.8, 4) is 11.5 Å². The molecule has 1 aromatic rings. The summed E-state index contributed by atoms with van der Waals surface area (Å²) < 4.78 is 16.0. The second kappa shape index (κ2) is 9.92. The van der Waals surface area contributed by atoms with Crippen molar-refractivity contribution < 1.29 is 19.0 Å². The molecule has 0 radical (unpaired) electrons. The van der Waals surface area contributed by atoms with Crippen LogP contribution in [0, 0.1) is 11.8 Å². The van der Waals surface area contributed by atoms with Crippen LogP contribution in [-0.4, -0.2) is 71.0 Å². The van der Waals surface area contributed by atoms with Crippen molar-refractivity contribution in [2.75, 3.05) is 60.2 Å². The van der Waals surface area contributed by atoms with Gasteiger partial charge < -0.3 is 24.8 Å². The predicted octanol–water partition coefficient (Wildman–Crippen LogP) is 0.878. The fourth-order valence-corrected chi connectivity index (χ4v) is 3.84. The lowest BCUT2D eigenvalue weighted by molar-refractivity contribution is -0.126. The molecule has 2 aliphatic heterocycles. The highest BCUT2D eigenvalue weighted by Gasteiger charge is 2.28. The van der Waals surface area contributed by atoms with Crippen LogP contribution >= 0.6 is 0 Å². The second-order valence-corrected chi connectivity index (χ2v) is 7.28. The number of methoxy groups -OCH3 is 2. The number of nitrogens with zero attached hydrogens (tertiary/aromatic N) is 1. The third-order valence-electron chi connectivity index (χ3n) is 5.35. The van der Waals surface area contributed by atoms with E-state index in [2.05, 4.69) is 15.5 Å². The van der Waals surface area contributed by atoms with Crippen molar-refractivity contribution in [2.24, 2.45) is 11.8 Å². The van der Waals surface area contributed by atoms with Crippen LogP contribution in [0.15, 0.2) is 18.2 Å². The molecule has 150 valence electrons. The van der Waals surface area contributed by atoms with Crippen LogP contribution in [0.3, 0.4) is 0 Å². The van der Waals surface area contributed by atoms with E-state index in [-0.39, 0.29) is 11.8 Å². The maximum atomic E-state index is 12.6. The molecule has 2 aliphatic rings. The summed E-state index contributed by atoms with van der Waals surface area (Å²) in [5, 5.41) is 6.50. The number of amides is 1. The Kier molecular flexibility index (Phi) is 7.32. The summed E-state index contributed by atoms with van der Waals surface area (Å²) in [6.45, 7) is 6.87. The zero-order chi connectivity index (χ0) is 19.1. The number of ether oxygens (including phenoxy) is 3. The van der Waals surface area contributed by atoms with Crippen LogP contribution in [0.2, 0.25) is 0 Å².